The van der Waals surface area contributed by atoms with Crippen molar-refractivity contribution in [3.05, 3.63) is 76.8 Å². The average molecular weight is 364 g/mol. The molecule has 1 aliphatic heterocycles. The number of anilines is 1. The largest absolute Gasteiger partial charge is 0.454 e. The van der Waals surface area contributed by atoms with Crippen molar-refractivity contribution in [3.8, 4) is 11.5 Å². The van der Waals surface area contributed by atoms with Crippen molar-refractivity contribution in [2.75, 3.05) is 11.7 Å². The number of carbonyl (C=O) groups is 1. The van der Waals surface area contributed by atoms with E-state index in [1.165, 1.54) is 0 Å². The highest BCUT2D eigenvalue weighted by atomic mass is 32.1. The maximum Gasteiger partial charge on any atom is 0.251 e. The Hall–Kier alpha value is -3.12. The lowest BCUT2D eigenvalue weighted by molar-refractivity contribution is -0.114. The number of pyridine rings is 1. The summed E-state index contributed by atoms with van der Waals surface area (Å²) in [6, 6.07) is 13.3. The van der Waals surface area contributed by atoms with Gasteiger partial charge in [0.1, 0.15) is 0 Å². The predicted octanol–water partition coefficient (Wildman–Crippen LogP) is 4.12. The zero-order chi connectivity index (χ0) is 17.8. The van der Waals surface area contributed by atoms with Crippen molar-refractivity contribution in [1.82, 2.24) is 4.98 Å². The van der Waals surface area contributed by atoms with E-state index in [9.17, 15) is 4.79 Å². The number of benzene rings is 1. The summed E-state index contributed by atoms with van der Waals surface area (Å²) >= 11 is 1.62. The number of nitrogens with zero attached hydrogens (tertiary/aromatic N) is 2. The third-order valence-electron chi connectivity index (χ3n) is 3.93. The molecular weight excluding hydrogens is 348 g/mol. The number of thiophene rings is 1. The first kappa shape index (κ1) is 16.4. The van der Waals surface area contributed by atoms with E-state index in [2.05, 4.69) is 4.98 Å². The van der Waals surface area contributed by atoms with Gasteiger partial charge in [0.05, 0.1) is 18.4 Å². The molecule has 3 aromatic rings. The number of amides is 1. The van der Waals surface area contributed by atoms with Gasteiger partial charge in [-0.15, -0.1) is 11.3 Å². The first-order valence-corrected chi connectivity index (χ1v) is 8.99. The highest BCUT2D eigenvalue weighted by Crippen LogP contribution is 2.32. The smallest absolute Gasteiger partial charge is 0.251 e. The first-order valence-electron chi connectivity index (χ1n) is 8.11. The first-order chi connectivity index (χ1) is 12.8. The number of fused-ring (bicyclic) bond motifs is 1. The van der Waals surface area contributed by atoms with Gasteiger partial charge < -0.3 is 14.4 Å². The molecule has 6 heteroatoms. The molecule has 2 aromatic heterocycles. The van der Waals surface area contributed by atoms with Crippen LogP contribution in [0.15, 0.2) is 66.3 Å². The van der Waals surface area contributed by atoms with Gasteiger partial charge in [0.25, 0.3) is 5.91 Å². The molecule has 5 nitrogen and oxygen atoms in total. The third-order valence-corrected chi connectivity index (χ3v) is 4.79. The molecule has 3 heterocycles. The van der Waals surface area contributed by atoms with Crippen molar-refractivity contribution in [2.45, 2.75) is 6.54 Å². The summed E-state index contributed by atoms with van der Waals surface area (Å²) in [6.07, 6.45) is 6.74. The summed E-state index contributed by atoms with van der Waals surface area (Å²) in [5.74, 6) is 1.31. The minimum Gasteiger partial charge on any atom is -0.454 e. The standard InChI is InChI=1S/C20H16N2O3S/c23-20(8-6-15-5-7-18-19(11-15)25-14-24-18)22(13-17-4-2-10-26-17)16-3-1-9-21-12-16/h1-12H,13-14H2/b8-6+. The van der Waals surface area contributed by atoms with Gasteiger partial charge in [0.15, 0.2) is 11.5 Å². The topological polar surface area (TPSA) is 51.7 Å². The normalized spacial score (nSPS) is 12.5. The summed E-state index contributed by atoms with van der Waals surface area (Å²) < 4.78 is 10.7. The molecule has 0 fully saturated rings. The van der Waals surface area contributed by atoms with Crippen LogP contribution in [0.1, 0.15) is 10.4 Å². The Morgan fingerprint density at radius 1 is 1.19 bits per heavy atom. The van der Waals surface area contributed by atoms with Crippen LogP contribution in [0, 0.1) is 0 Å². The Bertz CT molecular complexity index is 923. The van der Waals surface area contributed by atoms with Gasteiger partial charge in [-0.05, 0) is 47.4 Å². The number of carbonyl (C=O) groups excluding carboxylic acids is 1. The molecule has 4 rings (SSSR count). The molecule has 0 saturated carbocycles. The molecular formula is C20H16N2O3S. The van der Waals surface area contributed by atoms with E-state index in [1.807, 2.05) is 47.8 Å². The van der Waals surface area contributed by atoms with Crippen LogP contribution in [-0.2, 0) is 11.3 Å². The lowest BCUT2D eigenvalue weighted by Crippen LogP contribution is -2.28. The molecule has 130 valence electrons. The van der Waals surface area contributed by atoms with Crippen molar-refractivity contribution >= 4 is 29.0 Å². The van der Waals surface area contributed by atoms with Crippen LogP contribution in [0.2, 0.25) is 0 Å². The number of hydrogen-bond acceptors (Lipinski definition) is 5. The zero-order valence-electron chi connectivity index (χ0n) is 13.9. The molecule has 0 saturated heterocycles. The summed E-state index contributed by atoms with van der Waals surface area (Å²) in [5.41, 5.74) is 1.64. The number of ether oxygens (including phenoxy) is 2. The second-order valence-corrected chi connectivity index (χ2v) is 6.69. The molecule has 0 N–H and O–H groups in total. The second-order valence-electron chi connectivity index (χ2n) is 5.66. The summed E-state index contributed by atoms with van der Waals surface area (Å²) in [6.45, 7) is 0.741. The van der Waals surface area contributed by atoms with Crippen molar-refractivity contribution in [3.63, 3.8) is 0 Å². The molecule has 26 heavy (non-hydrogen) atoms. The van der Waals surface area contributed by atoms with Crippen LogP contribution < -0.4 is 14.4 Å². The van der Waals surface area contributed by atoms with Gasteiger partial charge >= 0.3 is 0 Å². The van der Waals surface area contributed by atoms with Crippen LogP contribution in [-0.4, -0.2) is 17.7 Å². The van der Waals surface area contributed by atoms with E-state index in [1.54, 1.807) is 40.8 Å². The van der Waals surface area contributed by atoms with E-state index in [0.717, 1.165) is 21.9 Å². The highest BCUT2D eigenvalue weighted by molar-refractivity contribution is 7.09. The minimum atomic E-state index is -0.107. The fourth-order valence-electron chi connectivity index (χ4n) is 2.64. The van der Waals surface area contributed by atoms with Crippen LogP contribution in [0.4, 0.5) is 5.69 Å². The average Bonchev–Trinajstić information content (AvgIpc) is 3.36. The molecule has 0 atom stereocenters. The molecule has 1 aliphatic rings. The maximum absolute atomic E-state index is 12.8. The molecule has 0 unspecified atom stereocenters. The van der Waals surface area contributed by atoms with Crippen LogP contribution >= 0.6 is 11.3 Å². The highest BCUT2D eigenvalue weighted by Gasteiger charge is 2.15. The molecule has 1 aromatic carbocycles. The Kier molecular flexibility index (Phi) is 4.66. The molecule has 1 amide bonds. The number of aromatic nitrogens is 1. The van der Waals surface area contributed by atoms with E-state index in [4.69, 9.17) is 9.47 Å². The minimum absolute atomic E-state index is 0.107. The molecule has 0 spiro atoms. The zero-order valence-corrected chi connectivity index (χ0v) is 14.7. The van der Waals surface area contributed by atoms with Gasteiger partial charge in [-0.1, -0.05) is 12.1 Å². The van der Waals surface area contributed by atoms with Gasteiger partial charge in [-0.3, -0.25) is 9.78 Å². The summed E-state index contributed by atoms with van der Waals surface area (Å²) in [4.78, 5) is 19.8. The van der Waals surface area contributed by atoms with E-state index >= 15 is 0 Å². The molecule has 0 radical (unpaired) electrons. The predicted molar refractivity (Wildman–Crippen MR) is 101 cm³/mol. The van der Waals surface area contributed by atoms with Gasteiger partial charge in [-0.2, -0.15) is 0 Å². The lowest BCUT2D eigenvalue weighted by Gasteiger charge is -2.20. The number of rotatable bonds is 5. The van der Waals surface area contributed by atoms with Crippen LogP contribution in [0.3, 0.4) is 0 Å². The Labute approximate surface area is 155 Å². The van der Waals surface area contributed by atoms with Crippen molar-refractivity contribution < 1.29 is 14.3 Å². The fourth-order valence-corrected chi connectivity index (χ4v) is 3.34. The van der Waals surface area contributed by atoms with Crippen molar-refractivity contribution in [1.29, 1.82) is 0 Å². The van der Waals surface area contributed by atoms with E-state index in [0.29, 0.717) is 12.3 Å². The van der Waals surface area contributed by atoms with Crippen LogP contribution in [0.5, 0.6) is 11.5 Å². The fraction of sp³-hybridized carbons (Fsp3) is 0.100. The summed E-state index contributed by atoms with van der Waals surface area (Å²) in [7, 11) is 0. The SMILES string of the molecule is O=C(/C=C/c1ccc2c(c1)OCO2)N(Cc1cccs1)c1cccnc1. The van der Waals surface area contributed by atoms with E-state index in [-0.39, 0.29) is 12.7 Å². The van der Waals surface area contributed by atoms with Crippen LogP contribution in [0.25, 0.3) is 6.08 Å². The molecule has 0 aliphatic carbocycles. The third kappa shape index (κ3) is 3.60. The Balaban J connectivity index is 1.56. The van der Waals surface area contributed by atoms with Crippen molar-refractivity contribution in [2.24, 2.45) is 0 Å². The second kappa shape index (κ2) is 7.41. The Morgan fingerprint density at radius 3 is 2.92 bits per heavy atom. The summed E-state index contributed by atoms with van der Waals surface area (Å²) in [5, 5.41) is 2.00. The molecule has 0 bridgehead atoms. The lowest BCUT2D eigenvalue weighted by atomic mass is 10.2. The quantitative estimate of drug-likeness (QED) is 0.639. The van der Waals surface area contributed by atoms with Gasteiger partial charge in [0, 0.05) is 17.2 Å². The van der Waals surface area contributed by atoms with E-state index < -0.39 is 0 Å². The van der Waals surface area contributed by atoms with Gasteiger partial charge in [0.2, 0.25) is 6.79 Å². The maximum atomic E-state index is 12.8. The Morgan fingerprint density at radius 2 is 2.12 bits per heavy atom. The van der Waals surface area contributed by atoms with Gasteiger partial charge in [-0.25, -0.2) is 0 Å². The number of hydrogen-bond donors (Lipinski definition) is 0. The monoisotopic (exact) mass is 364 g/mol.